The number of aryl methyl sites for hydroxylation is 2. The van der Waals surface area contributed by atoms with Crippen molar-refractivity contribution >= 4 is 33.2 Å². The van der Waals surface area contributed by atoms with Crippen molar-refractivity contribution < 1.29 is 4.42 Å². The van der Waals surface area contributed by atoms with Crippen LogP contribution in [0, 0.1) is 13.8 Å². The number of aromatic nitrogens is 5. The van der Waals surface area contributed by atoms with E-state index >= 15 is 0 Å². The van der Waals surface area contributed by atoms with Crippen LogP contribution < -0.4 is 5.56 Å². The standard InChI is InChI=1S/C25H19N5O2/c1-15-9-11-17(12-10-15)30-23-21(22-24(30)28-20-8-4-3-7-19(20)27-22)25(31)29(16(2)26-23)14-18-6-5-13-32-18/h3-13H,14H2,1-2H3. The first-order chi connectivity index (χ1) is 15.6. The van der Waals surface area contributed by atoms with E-state index in [4.69, 9.17) is 19.4 Å². The molecule has 7 nitrogen and oxygen atoms in total. The number of benzene rings is 2. The van der Waals surface area contributed by atoms with Crippen molar-refractivity contribution in [3.8, 4) is 5.69 Å². The number of fused-ring (bicyclic) bond motifs is 4. The van der Waals surface area contributed by atoms with Gasteiger partial charge in [0.1, 0.15) is 22.5 Å². The van der Waals surface area contributed by atoms with Crippen molar-refractivity contribution in [2.75, 3.05) is 0 Å². The lowest BCUT2D eigenvalue weighted by molar-refractivity contribution is 0.485. The highest BCUT2D eigenvalue weighted by molar-refractivity contribution is 6.05. The fourth-order valence-corrected chi connectivity index (χ4v) is 4.11. The van der Waals surface area contributed by atoms with E-state index < -0.39 is 0 Å². The number of nitrogens with zero attached hydrogens (tertiary/aromatic N) is 5. The maximum Gasteiger partial charge on any atom is 0.265 e. The van der Waals surface area contributed by atoms with Crippen LogP contribution in [0.15, 0.2) is 76.1 Å². The van der Waals surface area contributed by atoms with Crippen LogP contribution in [0.5, 0.6) is 0 Å². The van der Waals surface area contributed by atoms with Gasteiger partial charge in [-0.1, -0.05) is 29.8 Å². The van der Waals surface area contributed by atoms with Gasteiger partial charge in [0, 0.05) is 5.69 Å². The number of rotatable bonds is 3. The van der Waals surface area contributed by atoms with Crippen LogP contribution in [0.2, 0.25) is 0 Å². The molecule has 32 heavy (non-hydrogen) atoms. The molecule has 0 fully saturated rings. The van der Waals surface area contributed by atoms with Crippen molar-refractivity contribution in [3.63, 3.8) is 0 Å². The van der Waals surface area contributed by atoms with Crippen molar-refractivity contribution in [2.45, 2.75) is 20.4 Å². The molecular weight excluding hydrogens is 402 g/mol. The fourth-order valence-electron chi connectivity index (χ4n) is 4.11. The van der Waals surface area contributed by atoms with Crippen LogP contribution in [0.4, 0.5) is 0 Å². The molecule has 4 aromatic heterocycles. The van der Waals surface area contributed by atoms with Crippen LogP contribution in [-0.4, -0.2) is 24.1 Å². The van der Waals surface area contributed by atoms with Crippen LogP contribution >= 0.6 is 0 Å². The topological polar surface area (TPSA) is 78.7 Å². The molecule has 0 saturated heterocycles. The molecule has 6 aromatic rings. The number of hydrogen-bond donors (Lipinski definition) is 0. The predicted molar refractivity (Wildman–Crippen MR) is 123 cm³/mol. The molecule has 0 spiro atoms. The van der Waals surface area contributed by atoms with Gasteiger partial charge in [-0.2, -0.15) is 0 Å². The lowest BCUT2D eigenvalue weighted by atomic mass is 10.2. The fraction of sp³-hybridized carbons (Fsp3) is 0.120. The number of furan rings is 1. The predicted octanol–water partition coefficient (Wildman–Crippen LogP) is 4.54. The quantitative estimate of drug-likeness (QED) is 0.419. The lowest BCUT2D eigenvalue weighted by Crippen LogP contribution is -2.24. The van der Waals surface area contributed by atoms with E-state index in [9.17, 15) is 4.79 Å². The van der Waals surface area contributed by atoms with Gasteiger partial charge < -0.3 is 4.42 Å². The van der Waals surface area contributed by atoms with Crippen LogP contribution in [0.1, 0.15) is 17.1 Å². The number of hydrogen-bond acceptors (Lipinski definition) is 5. The summed E-state index contributed by atoms with van der Waals surface area (Å²) in [5.41, 5.74) is 5.09. The van der Waals surface area contributed by atoms with Gasteiger partial charge in [-0.15, -0.1) is 0 Å². The smallest absolute Gasteiger partial charge is 0.265 e. The molecule has 0 saturated carbocycles. The monoisotopic (exact) mass is 421 g/mol. The zero-order valence-corrected chi connectivity index (χ0v) is 17.6. The molecule has 0 unspecified atom stereocenters. The minimum atomic E-state index is -0.163. The average molecular weight is 421 g/mol. The molecule has 0 radical (unpaired) electrons. The molecule has 0 aliphatic carbocycles. The third kappa shape index (κ3) is 2.75. The Balaban J connectivity index is 1.76. The van der Waals surface area contributed by atoms with Crippen LogP contribution in [-0.2, 0) is 6.54 Å². The highest BCUT2D eigenvalue weighted by Crippen LogP contribution is 2.28. The largest absolute Gasteiger partial charge is 0.467 e. The van der Waals surface area contributed by atoms with E-state index in [1.165, 1.54) is 0 Å². The first kappa shape index (κ1) is 18.5. The summed E-state index contributed by atoms with van der Waals surface area (Å²) in [6, 6.07) is 19.4. The van der Waals surface area contributed by atoms with Gasteiger partial charge in [-0.3, -0.25) is 13.9 Å². The Hall–Kier alpha value is -4.26. The van der Waals surface area contributed by atoms with Crippen molar-refractivity contribution in [1.82, 2.24) is 24.1 Å². The SMILES string of the molecule is Cc1ccc(-n2c3nc4ccccc4nc3c3c(=O)n(Cc4ccco4)c(C)nc32)cc1. The first-order valence-corrected chi connectivity index (χ1v) is 10.4. The molecule has 0 atom stereocenters. The summed E-state index contributed by atoms with van der Waals surface area (Å²) in [7, 11) is 0. The summed E-state index contributed by atoms with van der Waals surface area (Å²) in [6.45, 7) is 4.18. The summed E-state index contributed by atoms with van der Waals surface area (Å²) in [5, 5.41) is 0.455. The van der Waals surface area contributed by atoms with Gasteiger partial charge in [0.25, 0.3) is 5.56 Å². The highest BCUT2D eigenvalue weighted by Gasteiger charge is 2.22. The van der Waals surface area contributed by atoms with Crippen molar-refractivity contribution in [1.29, 1.82) is 0 Å². The minimum absolute atomic E-state index is 0.163. The molecular formula is C25H19N5O2. The third-order valence-electron chi connectivity index (χ3n) is 5.74. The van der Waals surface area contributed by atoms with Gasteiger partial charge in [-0.05, 0) is 50.2 Å². The summed E-state index contributed by atoms with van der Waals surface area (Å²) in [6.07, 6.45) is 1.60. The maximum atomic E-state index is 13.7. The summed E-state index contributed by atoms with van der Waals surface area (Å²) >= 11 is 0. The second-order valence-corrected chi connectivity index (χ2v) is 7.88. The second kappa shape index (κ2) is 6.88. The Morgan fingerprint density at radius 3 is 2.31 bits per heavy atom. The Labute approximate surface area is 182 Å². The van der Waals surface area contributed by atoms with E-state index in [2.05, 4.69) is 0 Å². The summed E-state index contributed by atoms with van der Waals surface area (Å²) in [4.78, 5) is 28.3. The van der Waals surface area contributed by atoms with Crippen molar-refractivity contribution in [3.05, 3.63) is 94.4 Å². The Kier molecular flexibility index (Phi) is 3.98. The van der Waals surface area contributed by atoms with Gasteiger partial charge in [0.05, 0.1) is 23.8 Å². The molecule has 2 aromatic carbocycles. The van der Waals surface area contributed by atoms with E-state index in [1.807, 2.05) is 79.1 Å². The molecule has 4 heterocycles. The first-order valence-electron chi connectivity index (χ1n) is 10.4. The Bertz CT molecular complexity index is 1680. The Morgan fingerprint density at radius 2 is 1.59 bits per heavy atom. The maximum absolute atomic E-state index is 13.7. The summed E-state index contributed by atoms with van der Waals surface area (Å²) < 4.78 is 9.02. The molecule has 0 aliphatic heterocycles. The van der Waals surface area contributed by atoms with Crippen LogP contribution in [0.25, 0.3) is 38.9 Å². The van der Waals surface area contributed by atoms with E-state index in [-0.39, 0.29) is 5.56 Å². The molecule has 156 valence electrons. The third-order valence-corrected chi connectivity index (χ3v) is 5.74. The van der Waals surface area contributed by atoms with Crippen LogP contribution in [0.3, 0.4) is 0 Å². The molecule has 0 amide bonds. The molecule has 0 aliphatic rings. The number of para-hydroxylation sites is 2. The molecule has 7 heteroatoms. The zero-order chi connectivity index (χ0) is 21.8. The lowest BCUT2D eigenvalue weighted by Gasteiger charge is -2.10. The Morgan fingerprint density at radius 1 is 0.844 bits per heavy atom. The van der Waals surface area contributed by atoms with E-state index in [0.29, 0.717) is 40.3 Å². The van der Waals surface area contributed by atoms with E-state index in [1.54, 1.807) is 10.8 Å². The second-order valence-electron chi connectivity index (χ2n) is 7.88. The van der Waals surface area contributed by atoms with E-state index in [0.717, 1.165) is 22.3 Å². The summed E-state index contributed by atoms with van der Waals surface area (Å²) in [5.74, 6) is 1.29. The average Bonchev–Trinajstić information content (AvgIpc) is 3.41. The highest BCUT2D eigenvalue weighted by atomic mass is 16.3. The normalized spacial score (nSPS) is 11.7. The zero-order valence-electron chi connectivity index (χ0n) is 17.6. The van der Waals surface area contributed by atoms with Crippen molar-refractivity contribution in [2.24, 2.45) is 0 Å². The molecule has 0 N–H and O–H groups in total. The van der Waals surface area contributed by atoms with Gasteiger partial charge in [-0.25, -0.2) is 15.0 Å². The molecule has 6 rings (SSSR count). The van der Waals surface area contributed by atoms with Gasteiger partial charge in [0.15, 0.2) is 11.3 Å². The van der Waals surface area contributed by atoms with Gasteiger partial charge >= 0.3 is 0 Å². The minimum Gasteiger partial charge on any atom is -0.467 e. The van der Waals surface area contributed by atoms with Gasteiger partial charge in [0.2, 0.25) is 0 Å². The molecule has 0 bridgehead atoms.